The average molecular weight is 349 g/mol. The molecule has 8 heteroatoms. The minimum Gasteiger partial charge on any atom is -0.379 e. The maximum Gasteiger partial charge on any atom is 0.193 e. The van der Waals surface area contributed by atoms with E-state index in [1.807, 2.05) is 0 Å². The third kappa shape index (κ3) is 7.50. The van der Waals surface area contributed by atoms with E-state index in [9.17, 15) is 8.42 Å². The highest BCUT2D eigenvalue weighted by Crippen LogP contribution is 2.15. The van der Waals surface area contributed by atoms with Gasteiger partial charge in [0.2, 0.25) is 0 Å². The summed E-state index contributed by atoms with van der Waals surface area (Å²) in [5.74, 6) is 0.964. The zero-order valence-electron chi connectivity index (χ0n) is 14.9. The predicted molar refractivity (Wildman–Crippen MR) is 94.8 cm³/mol. The maximum atomic E-state index is 11.0. The Labute approximate surface area is 141 Å². The fourth-order valence-electron chi connectivity index (χ4n) is 2.85. The summed E-state index contributed by atoms with van der Waals surface area (Å²) in [6.45, 7) is 9.91. The van der Waals surface area contributed by atoms with Crippen molar-refractivity contribution in [3.8, 4) is 0 Å². The fourth-order valence-corrected chi connectivity index (χ4v) is 3.27. The second kappa shape index (κ2) is 10.1. The van der Waals surface area contributed by atoms with Crippen LogP contribution in [0.2, 0.25) is 0 Å². The van der Waals surface area contributed by atoms with Crippen molar-refractivity contribution in [2.24, 2.45) is 4.99 Å². The molecule has 1 heterocycles. The van der Waals surface area contributed by atoms with Crippen molar-refractivity contribution in [2.45, 2.75) is 26.3 Å². The molecule has 23 heavy (non-hydrogen) atoms. The van der Waals surface area contributed by atoms with E-state index in [1.54, 1.807) is 7.05 Å². The molecular formula is C15H32N4O3S. The third-order valence-corrected chi connectivity index (χ3v) is 5.04. The Kier molecular flexibility index (Phi) is 8.86. The smallest absolute Gasteiger partial charge is 0.193 e. The fraction of sp³-hybridized carbons (Fsp3) is 0.933. The highest BCUT2D eigenvalue weighted by molar-refractivity contribution is 7.90. The van der Waals surface area contributed by atoms with Gasteiger partial charge in [-0.3, -0.25) is 9.89 Å². The van der Waals surface area contributed by atoms with Gasteiger partial charge in [0.05, 0.1) is 19.0 Å². The molecule has 1 atom stereocenters. The Hall–Kier alpha value is -0.860. The number of likely N-dealkylation sites (N-methyl/N-ethyl adjacent to an activating group) is 1. The van der Waals surface area contributed by atoms with Gasteiger partial charge in [-0.2, -0.15) is 0 Å². The van der Waals surface area contributed by atoms with E-state index >= 15 is 0 Å². The molecule has 0 aliphatic carbocycles. The standard InChI is InChI=1S/C15H32N4O3S/c1-5-18(6-2)14-7-9-19(13-14)15(16-3)17-8-10-22-11-12-23(4,20)21/h14H,5-13H2,1-4H3,(H,16,17). The molecule has 1 rings (SSSR count). The average Bonchev–Trinajstić information content (AvgIpc) is 2.96. The third-order valence-electron chi connectivity index (χ3n) is 4.13. The van der Waals surface area contributed by atoms with Gasteiger partial charge in [-0.25, -0.2) is 8.42 Å². The van der Waals surface area contributed by atoms with Crippen molar-refractivity contribution >= 4 is 15.8 Å². The Bertz CT molecular complexity index is 463. The molecule has 136 valence electrons. The molecule has 0 aromatic carbocycles. The quantitative estimate of drug-likeness (QED) is 0.360. The van der Waals surface area contributed by atoms with Crippen molar-refractivity contribution in [1.82, 2.24) is 15.1 Å². The molecule has 0 aromatic rings. The van der Waals surface area contributed by atoms with E-state index in [-0.39, 0.29) is 12.4 Å². The molecule has 0 radical (unpaired) electrons. The van der Waals surface area contributed by atoms with Crippen molar-refractivity contribution in [3.63, 3.8) is 0 Å². The van der Waals surface area contributed by atoms with Crippen LogP contribution in [0, 0.1) is 0 Å². The van der Waals surface area contributed by atoms with Crippen LogP contribution in [0.3, 0.4) is 0 Å². The first-order valence-corrected chi connectivity index (χ1v) is 10.4. The van der Waals surface area contributed by atoms with Crippen LogP contribution in [-0.2, 0) is 14.6 Å². The highest BCUT2D eigenvalue weighted by atomic mass is 32.2. The number of rotatable bonds is 9. The van der Waals surface area contributed by atoms with Crippen molar-refractivity contribution in [1.29, 1.82) is 0 Å². The largest absolute Gasteiger partial charge is 0.379 e. The number of sulfone groups is 1. The minimum atomic E-state index is -2.95. The van der Waals surface area contributed by atoms with Gasteiger partial charge in [-0.1, -0.05) is 13.8 Å². The van der Waals surface area contributed by atoms with Crippen molar-refractivity contribution in [3.05, 3.63) is 0 Å². The minimum absolute atomic E-state index is 0.0688. The summed E-state index contributed by atoms with van der Waals surface area (Å²) >= 11 is 0. The van der Waals surface area contributed by atoms with Crippen molar-refractivity contribution < 1.29 is 13.2 Å². The SMILES string of the molecule is CCN(CC)C1CCN(C(=NC)NCCOCCS(C)(=O)=O)C1. The topological polar surface area (TPSA) is 74.2 Å². The summed E-state index contributed by atoms with van der Waals surface area (Å²) in [6, 6.07) is 0.592. The van der Waals surface area contributed by atoms with E-state index in [0.29, 0.717) is 19.2 Å². The van der Waals surface area contributed by atoms with Gasteiger partial charge in [0.15, 0.2) is 5.96 Å². The Balaban J connectivity index is 2.27. The van der Waals surface area contributed by atoms with E-state index in [1.165, 1.54) is 6.26 Å². The van der Waals surface area contributed by atoms with Gasteiger partial charge in [0, 0.05) is 39.0 Å². The van der Waals surface area contributed by atoms with Crippen LogP contribution in [0.5, 0.6) is 0 Å². The first kappa shape index (κ1) is 20.2. The molecule has 0 bridgehead atoms. The lowest BCUT2D eigenvalue weighted by Gasteiger charge is -2.27. The molecule has 1 N–H and O–H groups in total. The van der Waals surface area contributed by atoms with Crippen LogP contribution in [0.1, 0.15) is 20.3 Å². The lowest BCUT2D eigenvalue weighted by Crippen LogP contribution is -2.44. The number of nitrogens with zero attached hydrogens (tertiary/aromatic N) is 3. The van der Waals surface area contributed by atoms with Crippen molar-refractivity contribution in [2.75, 3.05) is 65.0 Å². The molecule has 1 aliphatic heterocycles. The maximum absolute atomic E-state index is 11.0. The molecule has 0 aromatic heterocycles. The van der Waals surface area contributed by atoms with Crippen LogP contribution in [0.4, 0.5) is 0 Å². The lowest BCUT2D eigenvalue weighted by molar-refractivity contribution is 0.153. The molecule has 0 amide bonds. The molecule has 1 aliphatic rings. The molecule has 7 nitrogen and oxygen atoms in total. The summed E-state index contributed by atoms with van der Waals surface area (Å²) in [7, 11) is -1.16. The van der Waals surface area contributed by atoms with Crippen LogP contribution in [0.25, 0.3) is 0 Å². The number of likely N-dealkylation sites (tertiary alicyclic amines) is 1. The molecule has 0 saturated carbocycles. The number of nitrogens with one attached hydrogen (secondary N) is 1. The number of hydrogen-bond donors (Lipinski definition) is 1. The van der Waals surface area contributed by atoms with Gasteiger partial charge < -0.3 is 15.0 Å². The van der Waals surface area contributed by atoms with E-state index < -0.39 is 9.84 Å². The first-order chi connectivity index (χ1) is 10.9. The lowest BCUT2D eigenvalue weighted by atomic mass is 10.2. The van der Waals surface area contributed by atoms with Gasteiger partial charge >= 0.3 is 0 Å². The number of aliphatic imine (C=N–C) groups is 1. The summed E-state index contributed by atoms with van der Waals surface area (Å²) < 4.78 is 27.3. The van der Waals surface area contributed by atoms with Crippen LogP contribution < -0.4 is 5.32 Å². The van der Waals surface area contributed by atoms with Gasteiger partial charge in [-0.15, -0.1) is 0 Å². The van der Waals surface area contributed by atoms with Gasteiger partial charge in [0.25, 0.3) is 0 Å². The second-order valence-corrected chi connectivity index (χ2v) is 8.09. The van der Waals surface area contributed by atoms with Gasteiger partial charge in [0.1, 0.15) is 9.84 Å². The first-order valence-electron chi connectivity index (χ1n) is 8.36. The molecule has 1 fully saturated rings. The Morgan fingerprint density at radius 2 is 2.04 bits per heavy atom. The molecule has 1 unspecified atom stereocenters. The predicted octanol–water partition coefficient (Wildman–Crippen LogP) is 0.0391. The Morgan fingerprint density at radius 3 is 2.61 bits per heavy atom. The summed E-state index contributed by atoms with van der Waals surface area (Å²) in [5, 5.41) is 3.29. The number of guanidine groups is 1. The normalized spacial score (nSPS) is 19.6. The monoisotopic (exact) mass is 348 g/mol. The summed E-state index contributed by atoms with van der Waals surface area (Å²) in [4.78, 5) is 9.10. The van der Waals surface area contributed by atoms with Crippen LogP contribution in [-0.4, -0.2) is 95.2 Å². The number of hydrogen-bond acceptors (Lipinski definition) is 5. The van der Waals surface area contributed by atoms with Crippen LogP contribution in [0.15, 0.2) is 4.99 Å². The molecule has 1 saturated heterocycles. The zero-order valence-corrected chi connectivity index (χ0v) is 15.7. The zero-order chi connectivity index (χ0) is 17.3. The molecular weight excluding hydrogens is 316 g/mol. The molecule has 0 spiro atoms. The van der Waals surface area contributed by atoms with E-state index in [4.69, 9.17) is 4.74 Å². The summed E-state index contributed by atoms with van der Waals surface area (Å²) in [5.41, 5.74) is 0. The second-order valence-electron chi connectivity index (χ2n) is 5.83. The highest BCUT2D eigenvalue weighted by Gasteiger charge is 2.27. The van der Waals surface area contributed by atoms with E-state index in [2.05, 4.69) is 34.0 Å². The number of ether oxygens (including phenoxy) is 1. The van der Waals surface area contributed by atoms with E-state index in [0.717, 1.165) is 38.6 Å². The Morgan fingerprint density at radius 1 is 1.35 bits per heavy atom. The van der Waals surface area contributed by atoms with Crippen LogP contribution >= 0.6 is 0 Å². The summed E-state index contributed by atoms with van der Waals surface area (Å²) in [6.07, 6.45) is 2.38. The van der Waals surface area contributed by atoms with Gasteiger partial charge in [-0.05, 0) is 19.5 Å².